The lowest BCUT2D eigenvalue weighted by atomic mass is 10.1. The van der Waals surface area contributed by atoms with Crippen LogP contribution < -0.4 is 0 Å². The van der Waals surface area contributed by atoms with Crippen LogP contribution in [-0.4, -0.2) is 81.0 Å². The van der Waals surface area contributed by atoms with E-state index in [1.165, 1.54) is 37.5 Å². The number of rotatable bonds is 4. The zero-order chi connectivity index (χ0) is 24.7. The average Bonchev–Trinajstić information content (AvgIpc) is 3.35. The summed E-state index contributed by atoms with van der Waals surface area (Å²) in [5, 5.41) is 17.6. The van der Waals surface area contributed by atoms with E-state index in [4.69, 9.17) is 19.8 Å². The second kappa shape index (κ2) is 11.8. The molecule has 32 heavy (non-hydrogen) atoms. The maximum atomic E-state index is 10.6. The van der Waals surface area contributed by atoms with Crippen molar-refractivity contribution in [1.82, 2.24) is 14.8 Å². The summed E-state index contributed by atoms with van der Waals surface area (Å²) in [5.74, 6) is -4.73. The van der Waals surface area contributed by atoms with Crippen LogP contribution in [0.1, 0.15) is 31.7 Å². The van der Waals surface area contributed by atoms with Crippen LogP contribution in [0.4, 0.5) is 26.3 Å². The number of hydrogen-bond acceptors (Lipinski definition) is 6. The fourth-order valence-corrected chi connectivity index (χ4v) is 4.20. The van der Waals surface area contributed by atoms with E-state index in [0.717, 1.165) is 24.5 Å². The highest BCUT2D eigenvalue weighted by Crippen LogP contribution is 2.33. The highest BCUT2D eigenvalue weighted by Gasteiger charge is 2.42. The summed E-state index contributed by atoms with van der Waals surface area (Å²) in [6.07, 6.45) is -5.54. The van der Waals surface area contributed by atoms with E-state index in [2.05, 4.69) is 34.0 Å². The molecule has 184 valence electrons. The van der Waals surface area contributed by atoms with Gasteiger partial charge < -0.3 is 10.2 Å². The number of carbonyl (C=O) groups is 2. The van der Waals surface area contributed by atoms with Crippen LogP contribution in [0.3, 0.4) is 0 Å². The van der Waals surface area contributed by atoms with Crippen LogP contribution in [0.2, 0.25) is 0 Å². The molecule has 1 aromatic rings. The van der Waals surface area contributed by atoms with Gasteiger partial charge in [-0.15, -0.1) is 11.3 Å². The van der Waals surface area contributed by atoms with E-state index in [-0.39, 0.29) is 0 Å². The van der Waals surface area contributed by atoms with E-state index >= 15 is 0 Å². The Hall–Kier alpha value is -1.93. The van der Waals surface area contributed by atoms with Crippen LogP contribution in [0.25, 0.3) is 0 Å². The van der Waals surface area contributed by atoms with Gasteiger partial charge in [-0.3, -0.25) is 9.80 Å². The monoisotopic (exact) mass is 493 g/mol. The number of hydrogen-bond donors (Lipinski definition) is 2. The fraction of sp³-hybridized carbons (Fsp3) is 0.722. The first-order valence-electron chi connectivity index (χ1n) is 9.59. The van der Waals surface area contributed by atoms with Gasteiger partial charge in [-0.05, 0) is 18.8 Å². The number of halogens is 6. The lowest BCUT2D eigenvalue weighted by molar-refractivity contribution is -0.193. The van der Waals surface area contributed by atoms with E-state index in [1.807, 2.05) is 6.20 Å². The molecule has 0 unspecified atom stereocenters. The summed E-state index contributed by atoms with van der Waals surface area (Å²) >= 11 is 1.79. The largest absolute Gasteiger partial charge is 0.490 e. The summed E-state index contributed by atoms with van der Waals surface area (Å²) in [5.41, 5.74) is 0. The lowest BCUT2D eigenvalue weighted by Crippen LogP contribution is -2.37. The molecule has 14 heteroatoms. The van der Waals surface area contributed by atoms with Crippen molar-refractivity contribution in [2.24, 2.45) is 5.92 Å². The molecule has 0 saturated carbocycles. The molecule has 2 N–H and O–H groups in total. The summed E-state index contributed by atoms with van der Waals surface area (Å²) in [7, 11) is 0. The second-order valence-corrected chi connectivity index (χ2v) is 8.58. The van der Waals surface area contributed by atoms with Gasteiger partial charge in [-0.1, -0.05) is 13.8 Å². The van der Waals surface area contributed by atoms with Gasteiger partial charge in [0.1, 0.15) is 5.01 Å². The molecule has 0 aliphatic carbocycles. The Morgan fingerprint density at radius 2 is 1.47 bits per heavy atom. The van der Waals surface area contributed by atoms with Gasteiger partial charge in [0, 0.05) is 43.3 Å². The van der Waals surface area contributed by atoms with Crippen molar-refractivity contribution >= 4 is 23.3 Å². The molecule has 7 nitrogen and oxygen atoms in total. The first-order valence-corrected chi connectivity index (χ1v) is 10.5. The predicted octanol–water partition coefficient (Wildman–Crippen LogP) is 3.71. The topological polar surface area (TPSA) is 94.0 Å². The number of carboxylic acid groups (broad SMARTS) is 2. The molecular weight excluding hydrogens is 468 g/mol. The number of alkyl halides is 6. The van der Waals surface area contributed by atoms with Gasteiger partial charge in [0.25, 0.3) is 0 Å². The van der Waals surface area contributed by atoms with E-state index in [1.54, 1.807) is 11.3 Å². The zero-order valence-electron chi connectivity index (χ0n) is 17.4. The number of thiazole rings is 1. The molecule has 0 radical (unpaired) electrons. The van der Waals surface area contributed by atoms with Crippen LogP contribution in [0.15, 0.2) is 11.6 Å². The lowest BCUT2D eigenvalue weighted by Gasteiger charge is -2.26. The average molecular weight is 493 g/mol. The molecule has 3 rings (SSSR count). The fourth-order valence-electron chi connectivity index (χ4n) is 3.56. The maximum absolute atomic E-state index is 10.6. The van der Waals surface area contributed by atoms with Crippen molar-refractivity contribution in [3.8, 4) is 0 Å². The molecule has 2 aliphatic rings. The third-order valence-corrected chi connectivity index (χ3v) is 5.48. The molecular formula is C18H25F6N3O4S. The number of nitrogens with zero attached hydrogens (tertiary/aromatic N) is 3. The Balaban J connectivity index is 0.000000305. The molecule has 2 aliphatic heterocycles. The van der Waals surface area contributed by atoms with Crippen LogP contribution in [-0.2, 0) is 16.1 Å². The number of aromatic nitrogens is 1. The van der Waals surface area contributed by atoms with Crippen molar-refractivity contribution in [1.29, 1.82) is 0 Å². The van der Waals surface area contributed by atoms with Crippen LogP contribution in [0.5, 0.6) is 0 Å². The van der Waals surface area contributed by atoms with Gasteiger partial charge in [0.05, 0.1) is 6.54 Å². The quantitative estimate of drug-likeness (QED) is 0.618. The molecule has 3 heterocycles. The summed E-state index contributed by atoms with van der Waals surface area (Å²) in [6.45, 7) is 9.54. The second-order valence-electron chi connectivity index (χ2n) is 7.60. The van der Waals surface area contributed by atoms with Crippen molar-refractivity contribution in [3.63, 3.8) is 0 Å². The molecule has 2 saturated heterocycles. The Bertz CT molecular complexity index is 703. The van der Waals surface area contributed by atoms with Crippen LogP contribution >= 0.6 is 11.3 Å². The number of carboxylic acids is 2. The van der Waals surface area contributed by atoms with Gasteiger partial charge in [0.2, 0.25) is 0 Å². The molecule has 1 aromatic heterocycles. The van der Waals surface area contributed by atoms with Gasteiger partial charge >= 0.3 is 24.3 Å². The number of fused-ring (bicyclic) bond motifs is 1. The SMILES string of the molecule is CC(C)CN1CC[C@@H]2[C@@H]1CCN2Cc1nccs1.O=C(O)C(F)(F)F.O=C(O)C(F)(F)F. The maximum Gasteiger partial charge on any atom is 0.490 e. The zero-order valence-corrected chi connectivity index (χ0v) is 18.2. The molecule has 0 amide bonds. The minimum absolute atomic E-state index is 0.785. The summed E-state index contributed by atoms with van der Waals surface area (Å²) in [6, 6.07) is 1.60. The van der Waals surface area contributed by atoms with Crippen molar-refractivity contribution in [2.45, 2.75) is 57.7 Å². The molecule has 2 atom stereocenters. The van der Waals surface area contributed by atoms with Crippen molar-refractivity contribution in [3.05, 3.63) is 16.6 Å². The highest BCUT2D eigenvalue weighted by atomic mass is 32.1. The third-order valence-electron chi connectivity index (χ3n) is 4.71. The Labute approximate surface area is 184 Å². The minimum atomic E-state index is -5.08. The molecule has 0 bridgehead atoms. The molecule has 0 aromatic carbocycles. The summed E-state index contributed by atoms with van der Waals surface area (Å²) < 4.78 is 63.5. The standard InChI is InChI=1S/C14H23N3S.2C2HF3O2/c1-11(2)9-16-6-3-13-12(16)4-7-17(13)10-14-15-5-8-18-14;2*3-2(4,5)1(6)7/h5,8,11-13H,3-4,6-7,9-10H2,1-2H3;2*(H,6,7)/t12-,13+;;/m0../s1. The third kappa shape index (κ3) is 9.28. The van der Waals surface area contributed by atoms with Gasteiger partial charge in [-0.25, -0.2) is 14.6 Å². The Kier molecular flexibility index (Phi) is 10.4. The van der Waals surface area contributed by atoms with E-state index in [9.17, 15) is 26.3 Å². The number of aliphatic carboxylic acids is 2. The van der Waals surface area contributed by atoms with Gasteiger partial charge in [-0.2, -0.15) is 26.3 Å². The first kappa shape index (κ1) is 28.1. The van der Waals surface area contributed by atoms with Crippen LogP contribution in [0, 0.1) is 5.92 Å². The molecule has 2 fully saturated rings. The number of likely N-dealkylation sites (tertiary alicyclic amines) is 2. The minimum Gasteiger partial charge on any atom is -0.475 e. The Morgan fingerprint density at radius 1 is 1.03 bits per heavy atom. The van der Waals surface area contributed by atoms with Crippen molar-refractivity contribution in [2.75, 3.05) is 19.6 Å². The van der Waals surface area contributed by atoms with Crippen molar-refractivity contribution < 1.29 is 46.1 Å². The summed E-state index contributed by atoms with van der Waals surface area (Å²) in [4.78, 5) is 27.6. The Morgan fingerprint density at radius 3 is 1.84 bits per heavy atom. The normalized spacial score (nSPS) is 21.4. The van der Waals surface area contributed by atoms with E-state index in [0.29, 0.717) is 0 Å². The predicted molar refractivity (Wildman–Crippen MR) is 103 cm³/mol. The van der Waals surface area contributed by atoms with E-state index < -0.39 is 24.3 Å². The highest BCUT2D eigenvalue weighted by molar-refractivity contribution is 7.09. The smallest absolute Gasteiger partial charge is 0.475 e. The molecule has 0 spiro atoms. The van der Waals surface area contributed by atoms with Gasteiger partial charge in [0.15, 0.2) is 0 Å². The first-order chi connectivity index (χ1) is 14.6.